The maximum Gasteiger partial charge on any atom is 0.0896 e. The molecule has 1 N–H and O–H groups in total. The molecule has 6 atom stereocenters. The van der Waals surface area contributed by atoms with E-state index in [1.165, 1.54) is 0 Å². The number of rotatable bonds is 12. The Kier molecular flexibility index (Phi) is 13.2. The average Bonchev–Trinajstić information content (AvgIpc) is 2.47. The lowest BCUT2D eigenvalue weighted by Gasteiger charge is -2.28. The molecule has 0 unspecified atom stereocenters. The van der Waals surface area contributed by atoms with Gasteiger partial charge in [0.05, 0.1) is 27.6 Å². The second-order valence-electron chi connectivity index (χ2n) is 5.30. The third-order valence-corrected chi connectivity index (χ3v) is 6.27. The van der Waals surface area contributed by atoms with Gasteiger partial charge in [0.2, 0.25) is 0 Å². The van der Waals surface area contributed by atoms with E-state index in [1.807, 2.05) is 6.08 Å². The minimum atomic E-state index is -0.989. The summed E-state index contributed by atoms with van der Waals surface area (Å²) in [7, 11) is 0. The van der Waals surface area contributed by atoms with Gasteiger partial charge in [-0.1, -0.05) is 25.3 Å². The van der Waals surface area contributed by atoms with Gasteiger partial charge in [-0.3, -0.25) is 0 Å². The maximum atomic E-state index is 10.0. The van der Waals surface area contributed by atoms with Crippen LogP contribution >= 0.6 is 58.0 Å². The molecule has 1 nitrogen and oxygen atoms in total. The number of hydrogen-bond acceptors (Lipinski definition) is 1. The van der Waals surface area contributed by atoms with Crippen molar-refractivity contribution in [2.24, 2.45) is 0 Å². The molecule has 0 bridgehead atoms. The van der Waals surface area contributed by atoms with E-state index >= 15 is 0 Å². The molecule has 6 heteroatoms. The number of hydrogen-bond donors (Lipinski definition) is 1. The summed E-state index contributed by atoms with van der Waals surface area (Å²) in [5.41, 5.74) is 0. The van der Waals surface area contributed by atoms with Crippen molar-refractivity contribution < 1.29 is 5.11 Å². The van der Waals surface area contributed by atoms with Crippen molar-refractivity contribution in [3.63, 3.8) is 0 Å². The van der Waals surface area contributed by atoms with Crippen molar-refractivity contribution in [2.45, 2.75) is 78.4 Å². The molecule has 0 aromatic carbocycles. The monoisotopic (exact) mass is 396 g/mol. The summed E-state index contributed by atoms with van der Waals surface area (Å²) in [6.07, 6.45) is 7.16. The van der Waals surface area contributed by atoms with Gasteiger partial charge >= 0.3 is 0 Å². The molecule has 0 amide bonds. The van der Waals surface area contributed by atoms with E-state index in [2.05, 4.69) is 6.58 Å². The SMILES string of the molecule is C=CCCCCCC[C@@H](Cl)[C@H](Cl)[C@@H](Cl)[C@H](O)[C@H](Cl)[C@@H](C)Cl. The zero-order valence-electron chi connectivity index (χ0n) is 12.3. The van der Waals surface area contributed by atoms with Crippen LogP contribution in [0.5, 0.6) is 0 Å². The lowest BCUT2D eigenvalue weighted by atomic mass is 10.0. The first-order valence-electron chi connectivity index (χ1n) is 7.32. The minimum absolute atomic E-state index is 0.294. The van der Waals surface area contributed by atoms with E-state index in [1.54, 1.807) is 6.92 Å². The van der Waals surface area contributed by atoms with Gasteiger partial charge in [0.25, 0.3) is 0 Å². The zero-order chi connectivity index (χ0) is 16.4. The van der Waals surface area contributed by atoms with Crippen LogP contribution in [0.4, 0.5) is 0 Å². The van der Waals surface area contributed by atoms with Gasteiger partial charge in [0.15, 0.2) is 0 Å². The Labute approximate surface area is 153 Å². The third kappa shape index (κ3) is 9.13. The summed E-state index contributed by atoms with van der Waals surface area (Å²) in [6.45, 7) is 5.40. The average molecular weight is 399 g/mol. The molecule has 0 heterocycles. The largest absolute Gasteiger partial charge is 0.390 e. The molecular formula is C15H25Cl5O. The Morgan fingerprint density at radius 3 is 2.00 bits per heavy atom. The number of halogens is 5. The molecule has 0 saturated heterocycles. The van der Waals surface area contributed by atoms with Gasteiger partial charge in [-0.05, 0) is 26.2 Å². The van der Waals surface area contributed by atoms with Crippen LogP contribution in [0.3, 0.4) is 0 Å². The molecule has 0 aromatic rings. The standard InChI is InChI=1S/C15H25Cl5O/c1-3-4-5-6-7-8-9-11(17)13(19)14(20)15(21)12(18)10(2)16/h3,10-15,21H,1,4-9H2,2H3/t10-,11-,12-,13+,14-,15-/m1/s1. The molecule has 0 radical (unpaired) electrons. The number of unbranched alkanes of at least 4 members (excludes halogenated alkanes) is 4. The highest BCUT2D eigenvalue weighted by Crippen LogP contribution is 2.29. The van der Waals surface area contributed by atoms with E-state index in [4.69, 9.17) is 58.0 Å². The van der Waals surface area contributed by atoms with Crippen molar-refractivity contribution >= 4 is 58.0 Å². The molecule has 0 aliphatic heterocycles. The second kappa shape index (κ2) is 12.6. The first-order chi connectivity index (χ1) is 9.82. The lowest BCUT2D eigenvalue weighted by Crippen LogP contribution is -2.42. The molecule has 21 heavy (non-hydrogen) atoms. The van der Waals surface area contributed by atoms with Gasteiger partial charge in [0.1, 0.15) is 0 Å². The van der Waals surface area contributed by atoms with E-state index in [0.29, 0.717) is 0 Å². The van der Waals surface area contributed by atoms with Gasteiger partial charge in [-0.15, -0.1) is 64.6 Å². The quantitative estimate of drug-likeness (QED) is 0.245. The Bertz CT molecular complexity index is 275. The zero-order valence-corrected chi connectivity index (χ0v) is 16.1. The van der Waals surface area contributed by atoms with Crippen LogP contribution in [0, 0.1) is 0 Å². The number of allylic oxidation sites excluding steroid dienone is 1. The van der Waals surface area contributed by atoms with Crippen LogP contribution in [0.2, 0.25) is 0 Å². The van der Waals surface area contributed by atoms with Crippen molar-refractivity contribution in [3.8, 4) is 0 Å². The van der Waals surface area contributed by atoms with Crippen LogP contribution in [0.25, 0.3) is 0 Å². The van der Waals surface area contributed by atoms with Gasteiger partial charge < -0.3 is 5.11 Å². The smallest absolute Gasteiger partial charge is 0.0896 e. The topological polar surface area (TPSA) is 20.2 Å². The van der Waals surface area contributed by atoms with E-state index in [0.717, 1.165) is 38.5 Å². The molecule has 0 rings (SSSR count). The number of alkyl halides is 5. The summed E-state index contributed by atoms with van der Waals surface area (Å²) in [6, 6.07) is 0. The Morgan fingerprint density at radius 1 is 0.905 bits per heavy atom. The van der Waals surface area contributed by atoms with Crippen molar-refractivity contribution in [1.82, 2.24) is 0 Å². The van der Waals surface area contributed by atoms with Crippen molar-refractivity contribution in [3.05, 3.63) is 12.7 Å². The van der Waals surface area contributed by atoms with Crippen LogP contribution in [0.15, 0.2) is 12.7 Å². The third-order valence-electron chi connectivity index (χ3n) is 3.38. The Hall–Kier alpha value is 1.15. The Balaban J connectivity index is 4.06. The molecule has 0 aliphatic rings. The van der Waals surface area contributed by atoms with Crippen LogP contribution < -0.4 is 0 Å². The van der Waals surface area contributed by atoms with Crippen molar-refractivity contribution in [2.75, 3.05) is 0 Å². The van der Waals surface area contributed by atoms with Crippen LogP contribution in [-0.2, 0) is 0 Å². The lowest BCUT2D eigenvalue weighted by molar-refractivity contribution is 0.160. The summed E-state index contributed by atoms with van der Waals surface area (Å²) < 4.78 is 0. The molecule has 0 aliphatic carbocycles. The normalized spacial score (nSPS) is 20.3. The summed E-state index contributed by atoms with van der Waals surface area (Å²) >= 11 is 30.6. The summed E-state index contributed by atoms with van der Waals surface area (Å²) in [5.74, 6) is 0. The molecule has 126 valence electrons. The fourth-order valence-electron chi connectivity index (χ4n) is 1.98. The first kappa shape index (κ1) is 22.1. The minimum Gasteiger partial charge on any atom is -0.390 e. The van der Waals surface area contributed by atoms with Gasteiger partial charge in [-0.25, -0.2) is 0 Å². The highest BCUT2D eigenvalue weighted by atomic mass is 35.5. The fourth-order valence-corrected chi connectivity index (χ4v) is 3.35. The number of aliphatic hydroxyl groups excluding tert-OH is 1. The number of aliphatic hydroxyl groups is 1. The maximum absolute atomic E-state index is 10.0. The van der Waals surface area contributed by atoms with E-state index in [9.17, 15) is 5.11 Å². The second-order valence-corrected chi connectivity index (χ2v) is 8.06. The first-order valence-corrected chi connectivity index (χ1v) is 9.50. The molecular weight excluding hydrogens is 373 g/mol. The fraction of sp³-hybridized carbons (Fsp3) is 0.867. The predicted octanol–water partition coefficient (Wildman–Crippen LogP) is 5.93. The van der Waals surface area contributed by atoms with E-state index < -0.39 is 27.6 Å². The van der Waals surface area contributed by atoms with E-state index in [-0.39, 0.29) is 5.38 Å². The predicted molar refractivity (Wildman–Crippen MR) is 97.8 cm³/mol. The highest BCUT2D eigenvalue weighted by Gasteiger charge is 2.35. The molecule has 0 spiro atoms. The summed E-state index contributed by atoms with van der Waals surface area (Å²) in [4.78, 5) is 0. The highest BCUT2D eigenvalue weighted by molar-refractivity contribution is 6.36. The summed E-state index contributed by atoms with van der Waals surface area (Å²) in [5, 5.41) is 7.43. The van der Waals surface area contributed by atoms with Gasteiger partial charge in [-0.2, -0.15) is 0 Å². The molecule has 0 saturated carbocycles. The molecule has 0 fully saturated rings. The van der Waals surface area contributed by atoms with Crippen molar-refractivity contribution in [1.29, 1.82) is 0 Å². The van der Waals surface area contributed by atoms with Gasteiger partial charge in [0, 0.05) is 5.38 Å². The van der Waals surface area contributed by atoms with Crippen LogP contribution in [-0.4, -0.2) is 38.1 Å². The van der Waals surface area contributed by atoms with Crippen LogP contribution in [0.1, 0.15) is 45.4 Å². The Morgan fingerprint density at radius 2 is 1.48 bits per heavy atom. The molecule has 0 aromatic heterocycles.